The third-order valence-electron chi connectivity index (χ3n) is 4.02. The number of hydrogen-bond donors (Lipinski definition) is 2. The van der Waals surface area contributed by atoms with E-state index in [2.05, 4.69) is 10.6 Å². The molecule has 0 saturated carbocycles. The van der Waals surface area contributed by atoms with Crippen LogP contribution in [0.15, 0.2) is 42.5 Å². The predicted molar refractivity (Wildman–Crippen MR) is 102 cm³/mol. The monoisotopic (exact) mass is 393 g/mol. The van der Waals surface area contributed by atoms with Crippen LogP contribution in [0.2, 0.25) is 10.0 Å². The molecule has 1 saturated heterocycles. The van der Waals surface area contributed by atoms with Crippen molar-refractivity contribution in [2.45, 2.75) is 12.5 Å². The molecular formula is C18H17Cl2N3O3. The van der Waals surface area contributed by atoms with Crippen molar-refractivity contribution < 1.29 is 14.3 Å². The zero-order valence-corrected chi connectivity index (χ0v) is 15.5. The summed E-state index contributed by atoms with van der Waals surface area (Å²) in [4.78, 5) is 26.0. The molecule has 0 aromatic heterocycles. The lowest BCUT2D eigenvalue weighted by Gasteiger charge is -2.18. The van der Waals surface area contributed by atoms with Crippen LogP contribution in [0.5, 0.6) is 5.75 Å². The maximum atomic E-state index is 12.3. The Balaban J connectivity index is 1.59. The Morgan fingerprint density at radius 1 is 1.15 bits per heavy atom. The summed E-state index contributed by atoms with van der Waals surface area (Å²) in [7, 11) is 1.59. The van der Waals surface area contributed by atoms with E-state index >= 15 is 0 Å². The summed E-state index contributed by atoms with van der Waals surface area (Å²) < 4.78 is 5.12. The maximum Gasteiger partial charge on any atom is 0.319 e. The van der Waals surface area contributed by atoms with E-state index in [4.69, 9.17) is 27.9 Å². The van der Waals surface area contributed by atoms with Gasteiger partial charge in [0.25, 0.3) is 0 Å². The Kier molecular flexibility index (Phi) is 5.54. The minimum absolute atomic E-state index is 0.0463. The van der Waals surface area contributed by atoms with Crippen molar-refractivity contribution in [3.05, 3.63) is 52.5 Å². The second-order valence-electron chi connectivity index (χ2n) is 5.83. The molecular weight excluding hydrogens is 377 g/mol. The highest BCUT2D eigenvalue weighted by Gasteiger charge is 2.31. The molecule has 1 aliphatic rings. The Morgan fingerprint density at radius 3 is 2.54 bits per heavy atom. The van der Waals surface area contributed by atoms with Crippen LogP contribution in [0.3, 0.4) is 0 Å². The van der Waals surface area contributed by atoms with Gasteiger partial charge in [-0.05, 0) is 42.5 Å². The highest BCUT2D eigenvalue weighted by molar-refractivity contribution is 6.42. The number of carbonyl (C=O) groups excluding carboxylic acids is 2. The van der Waals surface area contributed by atoms with Gasteiger partial charge in [-0.3, -0.25) is 4.79 Å². The molecule has 6 nitrogen and oxygen atoms in total. The van der Waals surface area contributed by atoms with Crippen LogP contribution in [0, 0.1) is 0 Å². The topological polar surface area (TPSA) is 70.7 Å². The van der Waals surface area contributed by atoms with Crippen LogP contribution < -0.4 is 20.3 Å². The Hall–Kier alpha value is -2.44. The van der Waals surface area contributed by atoms with E-state index in [-0.39, 0.29) is 18.4 Å². The Morgan fingerprint density at radius 2 is 1.88 bits per heavy atom. The van der Waals surface area contributed by atoms with Gasteiger partial charge < -0.3 is 20.3 Å². The van der Waals surface area contributed by atoms with Crippen LogP contribution >= 0.6 is 23.2 Å². The van der Waals surface area contributed by atoms with Crippen molar-refractivity contribution >= 4 is 46.5 Å². The largest absolute Gasteiger partial charge is 0.497 e. The van der Waals surface area contributed by atoms with Gasteiger partial charge in [0.15, 0.2) is 0 Å². The molecule has 26 heavy (non-hydrogen) atoms. The van der Waals surface area contributed by atoms with E-state index in [0.717, 1.165) is 11.4 Å². The number of hydrogen-bond acceptors (Lipinski definition) is 3. The maximum absolute atomic E-state index is 12.3. The van der Waals surface area contributed by atoms with Crippen molar-refractivity contribution in [1.29, 1.82) is 0 Å². The van der Waals surface area contributed by atoms with E-state index in [1.165, 1.54) is 0 Å². The van der Waals surface area contributed by atoms with E-state index < -0.39 is 6.03 Å². The van der Waals surface area contributed by atoms with Crippen molar-refractivity contribution in [2.24, 2.45) is 0 Å². The minimum Gasteiger partial charge on any atom is -0.497 e. The molecule has 8 heteroatoms. The van der Waals surface area contributed by atoms with Gasteiger partial charge in [-0.15, -0.1) is 0 Å². The van der Waals surface area contributed by atoms with Gasteiger partial charge in [0, 0.05) is 24.3 Å². The zero-order chi connectivity index (χ0) is 18.7. The van der Waals surface area contributed by atoms with Gasteiger partial charge in [-0.1, -0.05) is 23.2 Å². The van der Waals surface area contributed by atoms with Gasteiger partial charge in [0.2, 0.25) is 5.91 Å². The second-order valence-corrected chi connectivity index (χ2v) is 6.65. The summed E-state index contributed by atoms with van der Waals surface area (Å²) in [6, 6.07) is 11.3. The molecule has 0 aliphatic carbocycles. The first-order valence-corrected chi connectivity index (χ1v) is 8.69. The number of ether oxygens (including phenoxy) is 1. The zero-order valence-electron chi connectivity index (χ0n) is 14.0. The number of rotatable bonds is 4. The average Bonchev–Trinajstić information content (AvgIpc) is 2.98. The summed E-state index contributed by atoms with van der Waals surface area (Å²) in [5, 5.41) is 6.25. The van der Waals surface area contributed by atoms with E-state index in [1.54, 1.807) is 42.3 Å². The van der Waals surface area contributed by atoms with E-state index in [1.807, 2.05) is 12.1 Å². The van der Waals surface area contributed by atoms with E-state index in [0.29, 0.717) is 22.3 Å². The van der Waals surface area contributed by atoms with Gasteiger partial charge >= 0.3 is 6.03 Å². The molecule has 0 radical (unpaired) electrons. The molecule has 136 valence electrons. The fourth-order valence-electron chi connectivity index (χ4n) is 2.74. The smallest absolute Gasteiger partial charge is 0.319 e. The molecule has 0 bridgehead atoms. The normalized spacial score (nSPS) is 16.5. The fraction of sp³-hybridized carbons (Fsp3) is 0.222. The molecule has 0 unspecified atom stereocenters. The van der Waals surface area contributed by atoms with Crippen LogP contribution in [0.4, 0.5) is 16.2 Å². The SMILES string of the molecule is COc1ccc(N2C[C@H](NC(=O)Nc3ccc(Cl)c(Cl)c3)CC2=O)cc1. The van der Waals surface area contributed by atoms with Crippen LogP contribution in [-0.2, 0) is 4.79 Å². The average molecular weight is 394 g/mol. The van der Waals surface area contributed by atoms with E-state index in [9.17, 15) is 9.59 Å². The number of anilines is 2. The molecule has 3 rings (SSSR count). The third kappa shape index (κ3) is 4.20. The van der Waals surface area contributed by atoms with Crippen LogP contribution in [-0.4, -0.2) is 31.6 Å². The molecule has 1 aliphatic heterocycles. The molecule has 1 atom stereocenters. The van der Waals surface area contributed by atoms with Crippen molar-refractivity contribution in [3.63, 3.8) is 0 Å². The van der Waals surface area contributed by atoms with Crippen molar-refractivity contribution in [1.82, 2.24) is 5.32 Å². The van der Waals surface area contributed by atoms with Gasteiger partial charge in [0.05, 0.1) is 23.2 Å². The lowest BCUT2D eigenvalue weighted by Crippen LogP contribution is -2.39. The molecule has 3 amide bonds. The predicted octanol–water partition coefficient (Wildman–Crippen LogP) is 3.93. The third-order valence-corrected chi connectivity index (χ3v) is 4.76. The number of halogens is 2. The molecule has 2 N–H and O–H groups in total. The number of carbonyl (C=O) groups is 2. The highest BCUT2D eigenvalue weighted by atomic mass is 35.5. The molecule has 2 aromatic rings. The number of urea groups is 1. The number of nitrogens with zero attached hydrogens (tertiary/aromatic N) is 1. The summed E-state index contributed by atoms with van der Waals surface area (Å²) in [6.45, 7) is 0.403. The fourth-order valence-corrected chi connectivity index (χ4v) is 3.04. The number of amides is 3. The number of methoxy groups -OCH3 is 1. The van der Waals surface area contributed by atoms with Crippen molar-refractivity contribution in [3.8, 4) is 5.75 Å². The quantitative estimate of drug-likeness (QED) is 0.826. The molecule has 0 spiro atoms. The van der Waals surface area contributed by atoms with Gasteiger partial charge in [-0.25, -0.2) is 4.79 Å². The standard InChI is InChI=1S/C18H17Cl2N3O3/c1-26-14-5-3-13(4-6-14)23-10-12(9-17(23)24)22-18(25)21-11-2-7-15(19)16(20)8-11/h2-8,12H,9-10H2,1H3,(H2,21,22,25)/t12-/m1/s1. The second kappa shape index (κ2) is 7.85. The lowest BCUT2D eigenvalue weighted by atomic mass is 10.2. The van der Waals surface area contributed by atoms with Crippen LogP contribution in [0.25, 0.3) is 0 Å². The Bertz CT molecular complexity index is 827. The summed E-state index contributed by atoms with van der Waals surface area (Å²) in [6.07, 6.45) is 0.237. The highest BCUT2D eigenvalue weighted by Crippen LogP contribution is 2.26. The summed E-state index contributed by atoms with van der Waals surface area (Å²) in [5.74, 6) is 0.672. The minimum atomic E-state index is -0.405. The molecule has 1 fully saturated rings. The Labute approximate surface area is 161 Å². The first-order valence-electron chi connectivity index (χ1n) is 7.93. The molecule has 1 heterocycles. The first kappa shape index (κ1) is 18.4. The summed E-state index contributed by atoms with van der Waals surface area (Å²) >= 11 is 11.8. The summed E-state index contributed by atoms with van der Waals surface area (Å²) in [5.41, 5.74) is 1.29. The van der Waals surface area contributed by atoms with Gasteiger partial charge in [0.1, 0.15) is 5.75 Å². The van der Waals surface area contributed by atoms with Crippen molar-refractivity contribution in [2.75, 3.05) is 23.9 Å². The van der Waals surface area contributed by atoms with Crippen LogP contribution in [0.1, 0.15) is 6.42 Å². The molecule has 2 aromatic carbocycles. The number of nitrogens with one attached hydrogen (secondary N) is 2. The lowest BCUT2D eigenvalue weighted by molar-refractivity contribution is -0.117. The first-order chi connectivity index (χ1) is 12.5. The van der Waals surface area contributed by atoms with Gasteiger partial charge in [-0.2, -0.15) is 0 Å². The number of benzene rings is 2.